The molecule has 0 bridgehead atoms. The van der Waals surface area contributed by atoms with Crippen LogP contribution in [-0.2, 0) is 4.74 Å². The van der Waals surface area contributed by atoms with Gasteiger partial charge in [0.15, 0.2) is 0 Å². The third kappa shape index (κ3) is 3.39. The van der Waals surface area contributed by atoms with Crippen molar-refractivity contribution in [1.29, 1.82) is 0 Å². The van der Waals surface area contributed by atoms with Crippen LogP contribution in [0.15, 0.2) is 18.2 Å². The molecule has 1 aliphatic rings. The summed E-state index contributed by atoms with van der Waals surface area (Å²) in [6.45, 7) is 5.02. The molecule has 0 radical (unpaired) electrons. The van der Waals surface area contributed by atoms with Crippen molar-refractivity contribution < 1.29 is 4.74 Å². The standard InChI is InChI=1S/C14H19Cl2NO/c1-2-6-17-9-10-5-7-18-14(10)12-4-3-11(15)8-13(12)16/h3-4,8,10,14,17H,2,5-7,9H2,1H3. The third-order valence-corrected chi connectivity index (χ3v) is 3.88. The summed E-state index contributed by atoms with van der Waals surface area (Å²) < 4.78 is 5.84. The van der Waals surface area contributed by atoms with Gasteiger partial charge in [0.2, 0.25) is 0 Å². The van der Waals surface area contributed by atoms with Gasteiger partial charge in [-0.15, -0.1) is 0 Å². The summed E-state index contributed by atoms with van der Waals surface area (Å²) in [6, 6.07) is 5.64. The van der Waals surface area contributed by atoms with Crippen LogP contribution in [0.2, 0.25) is 10.0 Å². The van der Waals surface area contributed by atoms with E-state index in [-0.39, 0.29) is 6.10 Å². The van der Waals surface area contributed by atoms with Crippen molar-refractivity contribution >= 4 is 23.2 Å². The molecule has 0 aliphatic carbocycles. The Balaban J connectivity index is 2.06. The summed E-state index contributed by atoms with van der Waals surface area (Å²) in [5.74, 6) is 0.496. The second-order valence-corrected chi connectivity index (χ2v) is 5.55. The van der Waals surface area contributed by atoms with E-state index < -0.39 is 0 Å². The summed E-state index contributed by atoms with van der Waals surface area (Å²) in [4.78, 5) is 0. The maximum atomic E-state index is 6.25. The summed E-state index contributed by atoms with van der Waals surface area (Å²) >= 11 is 12.2. The Hall–Kier alpha value is -0.280. The van der Waals surface area contributed by atoms with Crippen molar-refractivity contribution in [1.82, 2.24) is 5.32 Å². The zero-order chi connectivity index (χ0) is 13.0. The minimum atomic E-state index is 0.0964. The van der Waals surface area contributed by atoms with Crippen LogP contribution >= 0.6 is 23.2 Å². The van der Waals surface area contributed by atoms with E-state index in [2.05, 4.69) is 12.2 Å². The number of halogens is 2. The molecule has 4 heteroatoms. The van der Waals surface area contributed by atoms with Crippen molar-refractivity contribution in [3.8, 4) is 0 Å². The molecule has 1 fully saturated rings. The second-order valence-electron chi connectivity index (χ2n) is 4.71. The number of benzene rings is 1. The molecule has 1 aromatic rings. The van der Waals surface area contributed by atoms with Crippen molar-refractivity contribution in [2.24, 2.45) is 5.92 Å². The van der Waals surface area contributed by atoms with Crippen molar-refractivity contribution in [2.45, 2.75) is 25.9 Å². The van der Waals surface area contributed by atoms with Gasteiger partial charge in [0.25, 0.3) is 0 Å². The monoisotopic (exact) mass is 287 g/mol. The zero-order valence-corrected chi connectivity index (χ0v) is 12.1. The van der Waals surface area contributed by atoms with Crippen LogP contribution in [0.25, 0.3) is 0 Å². The highest BCUT2D eigenvalue weighted by molar-refractivity contribution is 6.35. The molecule has 0 spiro atoms. The average Bonchev–Trinajstić information content (AvgIpc) is 2.78. The van der Waals surface area contributed by atoms with E-state index >= 15 is 0 Å². The minimum absolute atomic E-state index is 0.0964. The quantitative estimate of drug-likeness (QED) is 0.825. The second kappa shape index (κ2) is 6.76. The first-order chi connectivity index (χ1) is 8.72. The largest absolute Gasteiger partial charge is 0.373 e. The fourth-order valence-corrected chi connectivity index (χ4v) is 2.90. The molecular formula is C14H19Cl2NO. The zero-order valence-electron chi connectivity index (χ0n) is 10.6. The van der Waals surface area contributed by atoms with Crippen molar-refractivity contribution in [3.63, 3.8) is 0 Å². The summed E-state index contributed by atoms with van der Waals surface area (Å²) in [5, 5.41) is 4.83. The Bertz CT molecular complexity index is 397. The van der Waals surface area contributed by atoms with E-state index in [1.54, 1.807) is 6.07 Å². The van der Waals surface area contributed by atoms with Gasteiger partial charge in [-0.1, -0.05) is 36.2 Å². The predicted molar refractivity (Wildman–Crippen MR) is 76.4 cm³/mol. The Kier molecular flexibility index (Phi) is 5.31. The van der Waals surface area contributed by atoms with Gasteiger partial charge in [-0.3, -0.25) is 0 Å². The van der Waals surface area contributed by atoms with Crippen molar-refractivity contribution in [2.75, 3.05) is 19.7 Å². The lowest BCUT2D eigenvalue weighted by molar-refractivity contribution is 0.0906. The van der Waals surface area contributed by atoms with Gasteiger partial charge in [-0.05, 0) is 37.1 Å². The molecule has 2 nitrogen and oxygen atoms in total. The Morgan fingerprint density at radius 3 is 2.94 bits per heavy atom. The molecule has 1 aliphatic heterocycles. The molecule has 0 amide bonds. The first-order valence-electron chi connectivity index (χ1n) is 6.49. The van der Waals surface area contributed by atoms with Crippen molar-refractivity contribution in [3.05, 3.63) is 33.8 Å². The highest BCUT2D eigenvalue weighted by Crippen LogP contribution is 2.38. The van der Waals surface area contributed by atoms with Gasteiger partial charge in [0.1, 0.15) is 0 Å². The number of ether oxygens (including phenoxy) is 1. The highest BCUT2D eigenvalue weighted by Gasteiger charge is 2.30. The average molecular weight is 288 g/mol. The number of hydrogen-bond acceptors (Lipinski definition) is 2. The Morgan fingerprint density at radius 1 is 1.39 bits per heavy atom. The topological polar surface area (TPSA) is 21.3 Å². The molecule has 2 rings (SSSR count). The lowest BCUT2D eigenvalue weighted by Gasteiger charge is -2.20. The lowest BCUT2D eigenvalue weighted by atomic mass is 9.95. The van der Waals surface area contributed by atoms with Crippen LogP contribution in [-0.4, -0.2) is 19.7 Å². The highest BCUT2D eigenvalue weighted by atomic mass is 35.5. The van der Waals surface area contributed by atoms with Crippen LogP contribution in [0.4, 0.5) is 0 Å². The van der Waals surface area contributed by atoms with Gasteiger partial charge in [0.05, 0.1) is 6.10 Å². The van der Waals surface area contributed by atoms with Crippen LogP contribution in [0.1, 0.15) is 31.4 Å². The van der Waals surface area contributed by atoms with E-state index in [0.29, 0.717) is 16.0 Å². The molecule has 1 aromatic carbocycles. The Morgan fingerprint density at radius 2 is 2.22 bits per heavy atom. The van der Waals surface area contributed by atoms with E-state index in [1.165, 1.54) is 0 Å². The van der Waals surface area contributed by atoms with Gasteiger partial charge < -0.3 is 10.1 Å². The summed E-state index contributed by atoms with van der Waals surface area (Å²) in [7, 11) is 0. The van der Waals surface area contributed by atoms with Crippen LogP contribution in [0.5, 0.6) is 0 Å². The predicted octanol–water partition coefficient (Wildman–Crippen LogP) is 4.07. The SMILES string of the molecule is CCCNCC1CCOC1c1ccc(Cl)cc1Cl. The first kappa shape index (κ1) is 14.1. The maximum Gasteiger partial charge on any atom is 0.0880 e. The normalized spacial score (nSPS) is 23.5. The van der Waals surface area contributed by atoms with Gasteiger partial charge in [0, 0.05) is 29.1 Å². The molecule has 2 unspecified atom stereocenters. The minimum Gasteiger partial charge on any atom is -0.373 e. The number of rotatable bonds is 5. The van der Waals surface area contributed by atoms with E-state index in [0.717, 1.165) is 38.1 Å². The van der Waals surface area contributed by atoms with Gasteiger partial charge >= 0.3 is 0 Å². The smallest absolute Gasteiger partial charge is 0.0880 e. The summed E-state index contributed by atoms with van der Waals surface area (Å²) in [6.07, 6.45) is 2.33. The van der Waals surface area contributed by atoms with E-state index in [9.17, 15) is 0 Å². The van der Waals surface area contributed by atoms with E-state index in [1.807, 2.05) is 12.1 Å². The van der Waals surface area contributed by atoms with Crippen LogP contribution in [0, 0.1) is 5.92 Å². The summed E-state index contributed by atoms with van der Waals surface area (Å²) in [5.41, 5.74) is 1.06. The maximum absolute atomic E-state index is 6.25. The number of hydrogen-bond donors (Lipinski definition) is 1. The fourth-order valence-electron chi connectivity index (χ4n) is 2.38. The Labute approximate surface area is 119 Å². The molecule has 18 heavy (non-hydrogen) atoms. The fraction of sp³-hybridized carbons (Fsp3) is 0.571. The molecule has 1 heterocycles. The van der Waals surface area contributed by atoms with Gasteiger partial charge in [-0.2, -0.15) is 0 Å². The first-order valence-corrected chi connectivity index (χ1v) is 7.25. The molecule has 0 saturated carbocycles. The van der Waals surface area contributed by atoms with Crippen LogP contribution < -0.4 is 5.32 Å². The van der Waals surface area contributed by atoms with Gasteiger partial charge in [-0.25, -0.2) is 0 Å². The molecule has 0 aromatic heterocycles. The van der Waals surface area contributed by atoms with E-state index in [4.69, 9.17) is 27.9 Å². The van der Waals surface area contributed by atoms with Crippen LogP contribution in [0.3, 0.4) is 0 Å². The lowest BCUT2D eigenvalue weighted by Crippen LogP contribution is -2.25. The molecule has 100 valence electrons. The molecular weight excluding hydrogens is 269 g/mol. The third-order valence-electron chi connectivity index (χ3n) is 3.32. The molecule has 2 atom stereocenters. The molecule has 1 N–H and O–H groups in total. The molecule has 1 saturated heterocycles. The number of nitrogens with one attached hydrogen (secondary N) is 1.